The number of ether oxygens (including phenoxy) is 3. The maximum Gasteiger partial charge on any atom is 0.337 e. The van der Waals surface area contributed by atoms with E-state index in [1.165, 1.54) is 12.1 Å². The lowest BCUT2D eigenvalue weighted by atomic mass is 9.92. The number of aliphatic carboxylic acids is 1. The molecule has 2 aromatic heterocycles. The molecule has 4 aromatic rings. The maximum atomic E-state index is 14.6. The number of imidazole rings is 1. The lowest BCUT2D eigenvalue weighted by Gasteiger charge is -2.42. The third-order valence-electron chi connectivity index (χ3n) is 9.38. The van der Waals surface area contributed by atoms with Crippen LogP contribution in [0.1, 0.15) is 84.0 Å². The average molecular weight is 723 g/mol. The minimum atomic E-state index is -1.21. The second kappa shape index (κ2) is 13.4. The molecular formula is C38H45BrFN3O5. The number of rotatable bonds is 3. The Morgan fingerprint density at radius 2 is 1.88 bits per heavy atom. The van der Waals surface area contributed by atoms with Crippen LogP contribution in [0.5, 0.6) is 5.75 Å². The van der Waals surface area contributed by atoms with Crippen LogP contribution < -0.4 is 9.64 Å². The summed E-state index contributed by atoms with van der Waals surface area (Å²) in [6.07, 6.45) is 4.98. The van der Waals surface area contributed by atoms with Crippen LogP contribution in [0, 0.1) is 12.7 Å². The largest absolute Gasteiger partial charge is 0.490 e. The van der Waals surface area contributed by atoms with E-state index in [0.29, 0.717) is 52.4 Å². The zero-order chi connectivity index (χ0) is 34.4. The summed E-state index contributed by atoms with van der Waals surface area (Å²) in [5.74, 6) is -0.0105. The van der Waals surface area contributed by atoms with Gasteiger partial charge in [0.2, 0.25) is 0 Å². The molecule has 3 aliphatic heterocycles. The van der Waals surface area contributed by atoms with E-state index in [1.54, 1.807) is 6.07 Å². The van der Waals surface area contributed by atoms with Gasteiger partial charge in [0.1, 0.15) is 17.4 Å². The van der Waals surface area contributed by atoms with Crippen LogP contribution in [0.15, 0.2) is 53.1 Å². The molecule has 1 fully saturated rings. The Morgan fingerprint density at radius 3 is 2.58 bits per heavy atom. The number of fused-ring (bicyclic) bond motifs is 8. The van der Waals surface area contributed by atoms with Gasteiger partial charge in [-0.05, 0) is 125 Å². The van der Waals surface area contributed by atoms with Crippen molar-refractivity contribution in [1.82, 2.24) is 9.38 Å². The Morgan fingerprint density at radius 1 is 1.15 bits per heavy atom. The molecule has 48 heavy (non-hydrogen) atoms. The van der Waals surface area contributed by atoms with Gasteiger partial charge in [0.25, 0.3) is 0 Å². The van der Waals surface area contributed by atoms with Gasteiger partial charge in [-0.3, -0.25) is 4.40 Å². The molecule has 0 radical (unpaired) electrons. The van der Waals surface area contributed by atoms with E-state index in [4.69, 9.17) is 19.2 Å². The summed E-state index contributed by atoms with van der Waals surface area (Å²) < 4.78 is 36.5. The van der Waals surface area contributed by atoms with E-state index < -0.39 is 17.7 Å². The Balaban J connectivity index is 1.56. The number of nitrogens with zero attached hydrogens (tertiary/aromatic N) is 3. The number of carbonyl (C=O) groups is 1. The summed E-state index contributed by atoms with van der Waals surface area (Å²) >= 11 is 3.79. The molecule has 6 bridgehead atoms. The highest BCUT2D eigenvalue weighted by Crippen LogP contribution is 2.43. The highest BCUT2D eigenvalue weighted by molar-refractivity contribution is 9.10. The van der Waals surface area contributed by atoms with Crippen molar-refractivity contribution in [2.45, 2.75) is 97.1 Å². The maximum absolute atomic E-state index is 14.6. The van der Waals surface area contributed by atoms with Crippen molar-refractivity contribution < 1.29 is 28.5 Å². The average Bonchev–Trinajstić information content (AvgIpc) is 3.48. The predicted molar refractivity (Wildman–Crippen MR) is 189 cm³/mol. The van der Waals surface area contributed by atoms with Gasteiger partial charge in [-0.2, -0.15) is 0 Å². The summed E-state index contributed by atoms with van der Waals surface area (Å²) in [6.45, 7) is 13.8. The topological polar surface area (TPSA) is 85.5 Å². The van der Waals surface area contributed by atoms with Crippen molar-refractivity contribution in [2.75, 3.05) is 24.6 Å². The predicted octanol–water partition coefficient (Wildman–Crippen LogP) is 9.15. The molecule has 0 aliphatic carbocycles. The van der Waals surface area contributed by atoms with Crippen LogP contribution in [0.3, 0.4) is 0 Å². The van der Waals surface area contributed by atoms with Gasteiger partial charge >= 0.3 is 5.97 Å². The molecule has 8 nitrogen and oxygen atoms in total. The summed E-state index contributed by atoms with van der Waals surface area (Å²) in [5, 5.41) is 10.6. The van der Waals surface area contributed by atoms with Crippen molar-refractivity contribution in [3.8, 4) is 28.1 Å². The van der Waals surface area contributed by atoms with E-state index in [2.05, 4.69) is 34.7 Å². The minimum Gasteiger partial charge on any atom is -0.490 e. The Hall–Kier alpha value is -3.47. The molecule has 2 aromatic carbocycles. The Labute approximate surface area is 290 Å². The minimum absolute atomic E-state index is 0.0506. The summed E-state index contributed by atoms with van der Waals surface area (Å²) in [4.78, 5) is 20.3. The van der Waals surface area contributed by atoms with Crippen LogP contribution in [-0.4, -0.2) is 57.5 Å². The smallest absolute Gasteiger partial charge is 0.337 e. The van der Waals surface area contributed by atoms with Gasteiger partial charge in [0, 0.05) is 42.6 Å². The van der Waals surface area contributed by atoms with Gasteiger partial charge in [-0.25, -0.2) is 14.2 Å². The molecular weight excluding hydrogens is 677 g/mol. The van der Waals surface area contributed by atoms with Crippen LogP contribution in [0.2, 0.25) is 0 Å². The molecule has 0 spiro atoms. The molecule has 0 saturated carbocycles. The Kier molecular flexibility index (Phi) is 9.63. The van der Waals surface area contributed by atoms with Crippen molar-refractivity contribution in [3.63, 3.8) is 0 Å². The second-order valence-electron chi connectivity index (χ2n) is 14.4. The number of aromatic nitrogens is 2. The van der Waals surface area contributed by atoms with E-state index in [1.807, 2.05) is 62.6 Å². The third-order valence-corrected chi connectivity index (χ3v) is 10.3. The monoisotopic (exact) mass is 721 g/mol. The van der Waals surface area contributed by atoms with Crippen molar-refractivity contribution in [1.29, 1.82) is 0 Å². The fourth-order valence-corrected chi connectivity index (χ4v) is 7.28. The van der Waals surface area contributed by atoms with E-state index in [-0.39, 0.29) is 17.5 Å². The first-order valence-corrected chi connectivity index (χ1v) is 17.6. The zero-order valence-corrected chi connectivity index (χ0v) is 30.2. The lowest BCUT2D eigenvalue weighted by molar-refractivity contribution is -0.160. The molecule has 3 aliphatic rings. The highest BCUT2D eigenvalue weighted by Gasteiger charge is 2.38. The SMILES string of the molecule is Cc1c([C@H](OC(C)(C)C)C(=O)O)c2n3cc(nc3c1Br)-c1cccc(c1)-c1cc(F)ccc1O[C@@H](C)CCCCOC1(C)CCN2CC1. The second-order valence-corrected chi connectivity index (χ2v) is 15.2. The van der Waals surface area contributed by atoms with E-state index in [0.717, 1.165) is 54.6 Å². The molecule has 0 unspecified atom stereocenters. The highest BCUT2D eigenvalue weighted by atomic mass is 79.9. The molecule has 7 rings (SSSR count). The van der Waals surface area contributed by atoms with E-state index in [9.17, 15) is 14.3 Å². The molecule has 1 N–H and O–H groups in total. The number of benzene rings is 2. The first-order valence-electron chi connectivity index (χ1n) is 16.8. The number of anilines is 1. The fraction of sp³-hybridized carbons (Fsp3) is 0.474. The van der Waals surface area contributed by atoms with Crippen LogP contribution in [-0.2, 0) is 14.3 Å². The number of pyridine rings is 1. The number of hydrogen-bond acceptors (Lipinski definition) is 6. The van der Waals surface area contributed by atoms with Gasteiger partial charge in [-0.15, -0.1) is 0 Å². The number of carboxylic acids is 1. The van der Waals surface area contributed by atoms with Crippen molar-refractivity contribution >= 4 is 33.4 Å². The molecule has 256 valence electrons. The number of carboxylic acid groups (broad SMARTS) is 1. The van der Waals surface area contributed by atoms with Gasteiger partial charge in [-0.1, -0.05) is 18.2 Å². The fourth-order valence-electron chi connectivity index (χ4n) is 6.78. The quantitative estimate of drug-likeness (QED) is 0.226. The van der Waals surface area contributed by atoms with Gasteiger partial charge in [0.15, 0.2) is 11.8 Å². The number of halogens is 2. The summed E-state index contributed by atoms with van der Waals surface area (Å²) in [5.41, 5.74) is 4.05. The van der Waals surface area contributed by atoms with Crippen LogP contribution in [0.25, 0.3) is 28.0 Å². The lowest BCUT2D eigenvalue weighted by Crippen LogP contribution is -2.45. The standard InChI is InChI=1S/C38H45BrFN3O5/c1-23-10-7-8-19-46-38(6)15-17-42(18-16-38)35-31(33(36(44)45)48-37(3,4)5)24(2)32(39)34-41-29(22-43(34)35)26-12-9-11-25(20-26)28-21-27(40)13-14-30(28)47-23/h9,11-14,20-23,33H,7-8,10,15-19H2,1-6H3,(H,44,45)/t23-,33-/m0/s1. The molecule has 5 heterocycles. The molecule has 10 heteroatoms. The van der Waals surface area contributed by atoms with Gasteiger partial charge in [0.05, 0.1) is 27.5 Å². The van der Waals surface area contributed by atoms with E-state index >= 15 is 0 Å². The third kappa shape index (κ3) is 7.12. The van der Waals surface area contributed by atoms with Crippen LogP contribution in [0.4, 0.5) is 10.2 Å². The first kappa shape index (κ1) is 34.4. The normalized spacial score (nSPS) is 21.2. The summed E-state index contributed by atoms with van der Waals surface area (Å²) in [6, 6.07) is 12.5. The van der Waals surface area contributed by atoms with Crippen LogP contribution >= 0.6 is 15.9 Å². The molecule has 2 atom stereocenters. The van der Waals surface area contributed by atoms with Gasteiger partial charge < -0.3 is 24.2 Å². The van der Waals surface area contributed by atoms with Crippen molar-refractivity contribution in [3.05, 3.63) is 70.1 Å². The first-order chi connectivity index (χ1) is 22.7. The van der Waals surface area contributed by atoms with Crippen molar-refractivity contribution in [2.24, 2.45) is 0 Å². The summed E-state index contributed by atoms with van der Waals surface area (Å²) in [7, 11) is 0. The molecule has 0 amide bonds. The molecule has 1 saturated heterocycles. The Bertz CT molecular complexity index is 1830. The number of piperidine rings is 1. The zero-order valence-electron chi connectivity index (χ0n) is 28.6. The number of hydrogen-bond donors (Lipinski definition) is 1.